The molecule has 0 fully saturated rings. The van der Waals surface area contributed by atoms with Gasteiger partial charge in [0.2, 0.25) is 0 Å². The Hall–Kier alpha value is -2.25. The molecule has 1 N–H and O–H groups in total. The Morgan fingerprint density at radius 3 is 2.90 bits per heavy atom. The molecule has 0 aliphatic carbocycles. The third kappa shape index (κ3) is 2.06. The largest absolute Gasteiger partial charge is 0.760 e. The molecule has 3 rings (SSSR count). The number of aromatic nitrogens is 4. The second kappa shape index (κ2) is 5.03. The van der Waals surface area contributed by atoms with E-state index < -0.39 is 5.82 Å². The van der Waals surface area contributed by atoms with E-state index in [0.29, 0.717) is 21.7 Å². The minimum atomic E-state index is -0.407. The molecular formula is C12H8ClFN5O-. The summed E-state index contributed by atoms with van der Waals surface area (Å²) >= 11 is 5.99. The van der Waals surface area contributed by atoms with Crippen LogP contribution in [0.25, 0.3) is 11.2 Å². The quantitative estimate of drug-likeness (QED) is 0.751. The summed E-state index contributed by atoms with van der Waals surface area (Å²) in [6.45, 7) is 0.164. The van der Waals surface area contributed by atoms with Crippen LogP contribution in [0.3, 0.4) is 0 Å². The van der Waals surface area contributed by atoms with E-state index in [1.54, 1.807) is 16.1 Å². The summed E-state index contributed by atoms with van der Waals surface area (Å²) in [4.78, 5) is 11.9. The van der Waals surface area contributed by atoms with E-state index in [1.165, 1.54) is 24.8 Å². The van der Waals surface area contributed by atoms with Crippen molar-refractivity contribution in [2.24, 2.45) is 0 Å². The van der Waals surface area contributed by atoms with Gasteiger partial charge >= 0.3 is 0 Å². The first-order valence-corrected chi connectivity index (χ1v) is 6.05. The zero-order chi connectivity index (χ0) is 14.1. The maximum atomic E-state index is 13.8. The average Bonchev–Trinajstić information content (AvgIpc) is 2.86. The van der Waals surface area contributed by atoms with Gasteiger partial charge in [-0.1, -0.05) is 17.7 Å². The van der Waals surface area contributed by atoms with Gasteiger partial charge in [-0.2, -0.15) is 0 Å². The van der Waals surface area contributed by atoms with Crippen LogP contribution in [-0.2, 0) is 6.54 Å². The van der Waals surface area contributed by atoms with Gasteiger partial charge < -0.3 is 15.3 Å². The van der Waals surface area contributed by atoms with E-state index in [1.807, 2.05) is 0 Å². The van der Waals surface area contributed by atoms with Crippen molar-refractivity contribution in [2.75, 3.05) is 5.48 Å². The summed E-state index contributed by atoms with van der Waals surface area (Å²) in [6, 6.07) is 4.48. The van der Waals surface area contributed by atoms with Crippen LogP contribution < -0.4 is 5.48 Å². The number of hydrogen-bond acceptors (Lipinski definition) is 5. The molecule has 0 bridgehead atoms. The van der Waals surface area contributed by atoms with Crippen LogP contribution in [-0.4, -0.2) is 19.5 Å². The summed E-state index contributed by atoms with van der Waals surface area (Å²) in [6.07, 6.45) is 2.70. The molecular weight excluding hydrogens is 285 g/mol. The van der Waals surface area contributed by atoms with E-state index in [-0.39, 0.29) is 12.4 Å². The van der Waals surface area contributed by atoms with Crippen LogP contribution >= 0.6 is 11.6 Å². The van der Waals surface area contributed by atoms with Crippen molar-refractivity contribution in [1.82, 2.24) is 19.5 Å². The van der Waals surface area contributed by atoms with Crippen LogP contribution in [0.2, 0.25) is 5.02 Å². The molecule has 0 atom stereocenters. The Bertz CT molecular complexity index is 755. The van der Waals surface area contributed by atoms with Gasteiger partial charge in [0.05, 0.1) is 12.9 Å². The number of rotatable bonds is 3. The molecule has 2 aromatic heterocycles. The standard InChI is InChI=1S/C12H8ClFN5O/c13-8-2-1-3-9(14)7(8)4-19-6-17-10-11(18-20)15-5-16-12(10)19/h1-3,5-6H,4H2,(H-,15,16,18,20)/q-1. The van der Waals surface area contributed by atoms with Crippen molar-refractivity contribution in [1.29, 1.82) is 0 Å². The lowest BCUT2D eigenvalue weighted by atomic mass is 10.2. The Balaban J connectivity index is 2.08. The fourth-order valence-corrected chi connectivity index (χ4v) is 2.15. The number of nitrogens with zero attached hydrogens (tertiary/aromatic N) is 4. The second-order valence-corrected chi connectivity index (χ2v) is 4.48. The van der Waals surface area contributed by atoms with Crippen molar-refractivity contribution in [2.45, 2.75) is 6.54 Å². The van der Waals surface area contributed by atoms with Gasteiger partial charge in [-0.05, 0) is 12.1 Å². The number of nitrogens with one attached hydrogen (secondary N) is 1. The smallest absolute Gasteiger partial charge is 0.165 e. The first-order valence-electron chi connectivity index (χ1n) is 5.67. The van der Waals surface area contributed by atoms with Gasteiger partial charge in [0, 0.05) is 10.6 Å². The lowest BCUT2D eigenvalue weighted by Crippen LogP contribution is -2.03. The predicted molar refractivity (Wildman–Crippen MR) is 72.8 cm³/mol. The molecule has 8 heteroatoms. The van der Waals surface area contributed by atoms with Crippen LogP contribution in [0.15, 0.2) is 30.9 Å². The Morgan fingerprint density at radius 2 is 2.15 bits per heavy atom. The van der Waals surface area contributed by atoms with E-state index in [0.717, 1.165) is 0 Å². The summed E-state index contributed by atoms with van der Waals surface area (Å²) in [7, 11) is 0. The molecule has 0 radical (unpaired) electrons. The van der Waals surface area contributed by atoms with Gasteiger partial charge in [0.15, 0.2) is 5.65 Å². The summed E-state index contributed by atoms with van der Waals surface area (Å²) < 4.78 is 15.4. The third-order valence-corrected chi connectivity index (χ3v) is 3.24. The lowest BCUT2D eigenvalue weighted by Gasteiger charge is -2.09. The number of anilines is 1. The molecule has 0 aliphatic heterocycles. The van der Waals surface area contributed by atoms with Gasteiger partial charge in [-0.3, -0.25) is 0 Å². The molecule has 0 unspecified atom stereocenters. The van der Waals surface area contributed by atoms with Crippen LogP contribution in [0.5, 0.6) is 0 Å². The van der Waals surface area contributed by atoms with Crippen molar-refractivity contribution in [3.63, 3.8) is 0 Å². The summed E-state index contributed by atoms with van der Waals surface area (Å²) in [5.74, 6) is -0.330. The third-order valence-electron chi connectivity index (χ3n) is 2.89. The van der Waals surface area contributed by atoms with Gasteiger partial charge in [-0.15, -0.1) is 0 Å². The molecule has 102 valence electrons. The van der Waals surface area contributed by atoms with E-state index in [4.69, 9.17) is 11.6 Å². The summed E-state index contributed by atoms with van der Waals surface area (Å²) in [5, 5.41) is 11.1. The first kappa shape index (κ1) is 12.8. The van der Waals surface area contributed by atoms with Gasteiger partial charge in [-0.25, -0.2) is 19.3 Å². The SMILES string of the molecule is [O-]Nc1ncnc2c1ncn2Cc1c(F)cccc1Cl. The highest BCUT2D eigenvalue weighted by molar-refractivity contribution is 6.31. The van der Waals surface area contributed by atoms with Gasteiger partial charge in [0.1, 0.15) is 23.5 Å². The van der Waals surface area contributed by atoms with Crippen LogP contribution in [0, 0.1) is 11.0 Å². The monoisotopic (exact) mass is 292 g/mol. The highest BCUT2D eigenvalue weighted by Crippen LogP contribution is 2.23. The molecule has 0 amide bonds. The highest BCUT2D eigenvalue weighted by atomic mass is 35.5. The molecule has 6 nitrogen and oxygen atoms in total. The molecule has 20 heavy (non-hydrogen) atoms. The fourth-order valence-electron chi connectivity index (χ4n) is 1.92. The van der Waals surface area contributed by atoms with Gasteiger partial charge in [0.25, 0.3) is 0 Å². The predicted octanol–water partition coefficient (Wildman–Crippen LogP) is 2.58. The van der Waals surface area contributed by atoms with E-state index in [9.17, 15) is 9.60 Å². The van der Waals surface area contributed by atoms with Crippen molar-refractivity contribution >= 4 is 28.6 Å². The molecule has 0 aliphatic rings. The minimum Gasteiger partial charge on any atom is -0.760 e. The summed E-state index contributed by atoms with van der Waals surface area (Å²) in [5.41, 5.74) is 2.79. The maximum absolute atomic E-state index is 13.8. The van der Waals surface area contributed by atoms with Crippen molar-refractivity contribution < 1.29 is 4.39 Å². The minimum absolute atomic E-state index is 0.0772. The lowest BCUT2D eigenvalue weighted by molar-refractivity contribution is 0.601. The Kier molecular flexibility index (Phi) is 3.21. The normalized spacial score (nSPS) is 10.9. The van der Waals surface area contributed by atoms with E-state index >= 15 is 0 Å². The molecule has 0 saturated heterocycles. The first-order chi connectivity index (χ1) is 9.70. The van der Waals surface area contributed by atoms with Crippen molar-refractivity contribution in [3.05, 3.63) is 52.5 Å². The van der Waals surface area contributed by atoms with E-state index in [2.05, 4.69) is 15.0 Å². The Morgan fingerprint density at radius 1 is 1.30 bits per heavy atom. The zero-order valence-corrected chi connectivity index (χ0v) is 10.8. The number of hydrogen-bond donors (Lipinski definition) is 1. The molecule has 1 aromatic carbocycles. The fraction of sp³-hybridized carbons (Fsp3) is 0.0833. The zero-order valence-electron chi connectivity index (χ0n) is 10.0. The molecule has 0 saturated carbocycles. The average molecular weight is 293 g/mol. The highest BCUT2D eigenvalue weighted by Gasteiger charge is 2.12. The van der Waals surface area contributed by atoms with Crippen LogP contribution in [0.4, 0.5) is 10.2 Å². The van der Waals surface area contributed by atoms with Crippen LogP contribution in [0.1, 0.15) is 5.56 Å². The number of benzene rings is 1. The Labute approximate surface area is 117 Å². The number of halogens is 2. The number of fused-ring (bicyclic) bond motifs is 1. The van der Waals surface area contributed by atoms with Crippen molar-refractivity contribution in [3.8, 4) is 0 Å². The molecule has 3 aromatic rings. The molecule has 2 heterocycles. The maximum Gasteiger partial charge on any atom is 0.165 e. The topological polar surface area (TPSA) is 78.7 Å². The second-order valence-electron chi connectivity index (χ2n) is 4.07. The number of imidazole rings is 1. The molecule has 0 spiro atoms.